The molecular weight excluding hydrogens is 363 g/mol. The van der Waals surface area contributed by atoms with Crippen LogP contribution >= 0.6 is 15.9 Å². The molecule has 0 aliphatic heterocycles. The van der Waals surface area contributed by atoms with Crippen LogP contribution in [0.5, 0.6) is 0 Å². The van der Waals surface area contributed by atoms with Crippen LogP contribution in [0.15, 0.2) is 64.0 Å². The van der Waals surface area contributed by atoms with Crippen LogP contribution < -0.4 is 10.7 Å². The number of carbonyl (C=O) groups is 1. The van der Waals surface area contributed by atoms with Crippen molar-refractivity contribution >= 4 is 38.4 Å². The van der Waals surface area contributed by atoms with Crippen molar-refractivity contribution in [3.05, 3.63) is 75.2 Å². The third-order valence-corrected chi connectivity index (χ3v) is 3.86. The quantitative estimate of drug-likeness (QED) is 0.762. The minimum absolute atomic E-state index is 0.0930. The summed E-state index contributed by atoms with van der Waals surface area (Å²) in [5.41, 5.74) is 0.489. The fourth-order valence-corrected chi connectivity index (χ4v) is 2.78. The molecule has 0 bridgehead atoms. The average Bonchev–Trinajstić information content (AvgIpc) is 2.50. The zero-order chi connectivity index (χ0) is 16.4. The maximum atomic E-state index is 14.1. The van der Waals surface area contributed by atoms with Gasteiger partial charge in [-0.2, -0.15) is 0 Å². The van der Waals surface area contributed by atoms with E-state index in [0.717, 1.165) is 4.47 Å². The molecule has 0 unspecified atom stereocenters. The van der Waals surface area contributed by atoms with Gasteiger partial charge in [0.15, 0.2) is 5.43 Å². The molecule has 4 nitrogen and oxygen atoms in total. The van der Waals surface area contributed by atoms with E-state index in [2.05, 4.69) is 21.2 Å². The topological polar surface area (TPSA) is 51.1 Å². The lowest BCUT2D eigenvalue weighted by Crippen LogP contribution is -2.20. The Bertz CT molecular complexity index is 953. The lowest BCUT2D eigenvalue weighted by atomic mass is 10.2. The normalized spacial score (nSPS) is 10.7. The van der Waals surface area contributed by atoms with Crippen molar-refractivity contribution in [2.24, 2.45) is 0 Å². The second kappa shape index (κ2) is 6.34. The smallest absolute Gasteiger partial charge is 0.244 e. The van der Waals surface area contributed by atoms with Gasteiger partial charge in [0.2, 0.25) is 5.91 Å². The number of nitrogens with one attached hydrogen (secondary N) is 1. The minimum atomic E-state index is -0.532. The molecule has 1 aromatic heterocycles. The van der Waals surface area contributed by atoms with Gasteiger partial charge in [-0.15, -0.1) is 0 Å². The number of hydrogen-bond donors (Lipinski definition) is 1. The molecule has 0 aliphatic carbocycles. The summed E-state index contributed by atoms with van der Waals surface area (Å²) in [6.07, 6.45) is 1.42. The number of hydrogen-bond acceptors (Lipinski definition) is 2. The summed E-state index contributed by atoms with van der Waals surface area (Å²) in [7, 11) is 0. The van der Waals surface area contributed by atoms with E-state index in [4.69, 9.17) is 0 Å². The fourth-order valence-electron chi connectivity index (χ4n) is 2.38. The standard InChI is InChI=1S/C17H12BrFN2O2/c18-11-3-1-4-12(9-11)20-16(23)10-21-8-7-15(22)13-5-2-6-14(19)17(13)21/h1-9H,10H2,(H,20,23). The van der Waals surface area contributed by atoms with E-state index in [9.17, 15) is 14.0 Å². The highest BCUT2D eigenvalue weighted by atomic mass is 79.9. The summed E-state index contributed by atoms with van der Waals surface area (Å²) >= 11 is 3.33. The van der Waals surface area contributed by atoms with Gasteiger partial charge < -0.3 is 9.88 Å². The van der Waals surface area contributed by atoms with E-state index in [0.29, 0.717) is 5.69 Å². The zero-order valence-electron chi connectivity index (χ0n) is 11.9. The van der Waals surface area contributed by atoms with Gasteiger partial charge in [0.05, 0.1) is 5.52 Å². The van der Waals surface area contributed by atoms with E-state index in [1.165, 1.54) is 29.0 Å². The molecule has 3 aromatic rings. The van der Waals surface area contributed by atoms with E-state index >= 15 is 0 Å². The van der Waals surface area contributed by atoms with E-state index in [-0.39, 0.29) is 28.8 Å². The fraction of sp³-hybridized carbons (Fsp3) is 0.0588. The second-order valence-electron chi connectivity index (χ2n) is 5.00. The first kappa shape index (κ1) is 15.4. The number of aromatic nitrogens is 1. The molecule has 2 aromatic carbocycles. The van der Waals surface area contributed by atoms with E-state index < -0.39 is 5.82 Å². The monoisotopic (exact) mass is 374 g/mol. The van der Waals surface area contributed by atoms with Crippen molar-refractivity contribution in [2.45, 2.75) is 6.54 Å². The van der Waals surface area contributed by atoms with Crippen LogP contribution in [0.3, 0.4) is 0 Å². The molecule has 23 heavy (non-hydrogen) atoms. The molecule has 0 saturated heterocycles. The Morgan fingerprint density at radius 2 is 1.96 bits per heavy atom. The van der Waals surface area contributed by atoms with Gasteiger partial charge in [0.1, 0.15) is 12.4 Å². The Morgan fingerprint density at radius 1 is 1.17 bits per heavy atom. The highest BCUT2D eigenvalue weighted by Crippen LogP contribution is 2.17. The molecule has 1 amide bonds. The first-order valence-electron chi connectivity index (χ1n) is 6.88. The average molecular weight is 375 g/mol. The number of nitrogens with zero attached hydrogens (tertiary/aromatic N) is 1. The Kier molecular flexibility index (Phi) is 4.25. The first-order chi connectivity index (χ1) is 11.0. The number of pyridine rings is 1. The first-order valence-corrected chi connectivity index (χ1v) is 7.67. The van der Waals surface area contributed by atoms with Crippen molar-refractivity contribution in [3.63, 3.8) is 0 Å². The van der Waals surface area contributed by atoms with E-state index in [1.54, 1.807) is 24.3 Å². The summed E-state index contributed by atoms with van der Waals surface area (Å²) in [5, 5.41) is 2.99. The SMILES string of the molecule is O=C(Cn1ccc(=O)c2cccc(F)c21)Nc1cccc(Br)c1. The number of anilines is 1. The molecule has 0 fully saturated rings. The third kappa shape index (κ3) is 3.32. The summed E-state index contributed by atoms with van der Waals surface area (Å²) < 4.78 is 16.3. The van der Waals surface area contributed by atoms with Gasteiger partial charge in [0.25, 0.3) is 0 Å². The van der Waals surface area contributed by atoms with Crippen LogP contribution in [0.4, 0.5) is 10.1 Å². The summed E-state index contributed by atoms with van der Waals surface area (Å²) in [6.45, 7) is -0.0930. The second-order valence-corrected chi connectivity index (χ2v) is 5.92. The molecule has 0 atom stereocenters. The van der Waals surface area contributed by atoms with Crippen LogP contribution in [-0.4, -0.2) is 10.5 Å². The maximum Gasteiger partial charge on any atom is 0.244 e. The molecular formula is C17H12BrFN2O2. The Labute approximate surface area is 139 Å². The van der Waals surface area contributed by atoms with Crippen LogP contribution in [0.2, 0.25) is 0 Å². The number of para-hydroxylation sites is 1. The van der Waals surface area contributed by atoms with Gasteiger partial charge >= 0.3 is 0 Å². The summed E-state index contributed by atoms with van der Waals surface area (Å²) in [6, 6.07) is 12.8. The van der Waals surface area contributed by atoms with Gasteiger partial charge in [-0.1, -0.05) is 28.1 Å². The Balaban J connectivity index is 1.91. The van der Waals surface area contributed by atoms with Crippen LogP contribution in [-0.2, 0) is 11.3 Å². The lowest BCUT2D eigenvalue weighted by molar-refractivity contribution is -0.116. The molecule has 0 aliphatic rings. The Hall–Kier alpha value is -2.47. The van der Waals surface area contributed by atoms with Crippen molar-refractivity contribution in [3.8, 4) is 0 Å². The van der Waals surface area contributed by atoms with Crippen molar-refractivity contribution in [1.29, 1.82) is 0 Å². The van der Waals surface area contributed by atoms with Crippen molar-refractivity contribution in [2.75, 3.05) is 5.32 Å². The van der Waals surface area contributed by atoms with Gasteiger partial charge in [-0.05, 0) is 30.3 Å². The highest BCUT2D eigenvalue weighted by Gasteiger charge is 2.11. The molecule has 0 spiro atoms. The van der Waals surface area contributed by atoms with E-state index in [1.807, 2.05) is 6.07 Å². The van der Waals surface area contributed by atoms with Crippen LogP contribution in [0.25, 0.3) is 10.9 Å². The molecule has 1 N–H and O–H groups in total. The van der Waals surface area contributed by atoms with Crippen molar-refractivity contribution in [1.82, 2.24) is 4.57 Å². The number of carbonyl (C=O) groups excluding carboxylic acids is 1. The maximum absolute atomic E-state index is 14.1. The molecule has 1 heterocycles. The predicted octanol–water partition coefficient (Wildman–Crippen LogP) is 3.54. The molecule has 116 valence electrons. The van der Waals surface area contributed by atoms with Gasteiger partial charge in [0, 0.05) is 27.8 Å². The molecule has 0 saturated carbocycles. The zero-order valence-corrected chi connectivity index (χ0v) is 13.5. The highest BCUT2D eigenvalue weighted by molar-refractivity contribution is 9.10. The number of halogens is 2. The van der Waals surface area contributed by atoms with Crippen molar-refractivity contribution < 1.29 is 9.18 Å². The minimum Gasteiger partial charge on any atom is -0.335 e. The molecule has 3 rings (SSSR count). The summed E-state index contributed by atoms with van der Waals surface area (Å²) in [4.78, 5) is 24.0. The van der Waals surface area contributed by atoms with Gasteiger partial charge in [-0.3, -0.25) is 9.59 Å². The number of rotatable bonds is 3. The lowest BCUT2D eigenvalue weighted by Gasteiger charge is -2.11. The van der Waals surface area contributed by atoms with Crippen LogP contribution in [0, 0.1) is 5.82 Å². The largest absolute Gasteiger partial charge is 0.335 e. The molecule has 0 radical (unpaired) electrons. The Morgan fingerprint density at radius 3 is 2.74 bits per heavy atom. The third-order valence-electron chi connectivity index (χ3n) is 3.37. The van der Waals surface area contributed by atoms with Gasteiger partial charge in [-0.25, -0.2) is 4.39 Å². The number of benzene rings is 2. The number of amides is 1. The molecule has 6 heteroatoms. The van der Waals surface area contributed by atoms with Crippen LogP contribution in [0.1, 0.15) is 0 Å². The summed E-state index contributed by atoms with van der Waals surface area (Å²) in [5.74, 6) is -0.841. The predicted molar refractivity (Wildman–Crippen MR) is 90.9 cm³/mol. The number of fused-ring (bicyclic) bond motifs is 1.